The maximum absolute atomic E-state index is 6.09. The first-order valence-corrected chi connectivity index (χ1v) is 7.75. The molecule has 0 spiro atoms. The number of rotatable bonds is 4. The van der Waals surface area contributed by atoms with E-state index in [0.717, 1.165) is 15.2 Å². The molecule has 0 amide bonds. The van der Waals surface area contributed by atoms with Crippen molar-refractivity contribution in [2.75, 3.05) is 0 Å². The molecule has 0 nitrogen and oxygen atoms in total. The van der Waals surface area contributed by atoms with Crippen molar-refractivity contribution < 1.29 is 0 Å². The van der Waals surface area contributed by atoms with Crippen molar-refractivity contribution in [3.8, 4) is 0 Å². The third-order valence-corrected chi connectivity index (χ3v) is 4.13. The van der Waals surface area contributed by atoms with Gasteiger partial charge in [-0.3, -0.25) is 0 Å². The Hall–Kier alpha value is -0.700. The van der Waals surface area contributed by atoms with Crippen molar-refractivity contribution in [2.24, 2.45) is 0 Å². The van der Waals surface area contributed by atoms with Crippen molar-refractivity contribution in [1.29, 1.82) is 0 Å². The van der Waals surface area contributed by atoms with Gasteiger partial charge < -0.3 is 0 Å². The maximum atomic E-state index is 6.09. The van der Waals surface area contributed by atoms with Crippen LogP contribution in [0.3, 0.4) is 0 Å². The first kappa shape index (κ1) is 13.7. The van der Waals surface area contributed by atoms with E-state index in [2.05, 4.69) is 45.6 Å². The Morgan fingerprint density at radius 2 is 1.78 bits per heavy atom. The maximum Gasteiger partial charge on any atom is 0.0446 e. The number of hydrogen-bond acceptors (Lipinski definition) is 1. The van der Waals surface area contributed by atoms with Gasteiger partial charge in [0.2, 0.25) is 0 Å². The van der Waals surface area contributed by atoms with Gasteiger partial charge in [0.15, 0.2) is 0 Å². The Morgan fingerprint density at radius 3 is 2.50 bits per heavy atom. The fourth-order valence-electron chi connectivity index (χ4n) is 1.45. The van der Waals surface area contributed by atoms with Gasteiger partial charge in [0, 0.05) is 15.2 Å². The Bertz CT molecular complexity index is 534. The van der Waals surface area contributed by atoms with E-state index in [4.69, 9.17) is 11.6 Å². The molecule has 2 aromatic rings. The fourth-order valence-corrected chi connectivity index (χ4v) is 2.78. The standard InChI is InChI=1S/C15H12BrClS/c16-14-7-5-12(6-8-14)9-10-18-11-13-3-1-2-4-15(13)17/h1-10H,11H2. The van der Waals surface area contributed by atoms with Crippen LogP contribution < -0.4 is 0 Å². The molecule has 92 valence electrons. The number of benzene rings is 2. The Labute approximate surface area is 125 Å². The molecule has 0 N–H and O–H groups in total. The molecule has 0 bridgehead atoms. The van der Waals surface area contributed by atoms with E-state index in [9.17, 15) is 0 Å². The molecular weight excluding hydrogens is 328 g/mol. The molecule has 0 aliphatic carbocycles. The predicted octanol–water partition coefficient (Wildman–Crippen LogP) is 6.01. The van der Waals surface area contributed by atoms with Crippen LogP contribution >= 0.6 is 39.3 Å². The molecule has 0 saturated carbocycles. The quantitative estimate of drug-likeness (QED) is 0.657. The van der Waals surface area contributed by atoms with Gasteiger partial charge in [0.05, 0.1) is 0 Å². The summed E-state index contributed by atoms with van der Waals surface area (Å²) >= 11 is 11.3. The van der Waals surface area contributed by atoms with Crippen LogP contribution in [-0.2, 0) is 5.75 Å². The summed E-state index contributed by atoms with van der Waals surface area (Å²) in [4.78, 5) is 0. The minimum atomic E-state index is 0.835. The van der Waals surface area contributed by atoms with Gasteiger partial charge >= 0.3 is 0 Å². The summed E-state index contributed by atoms with van der Waals surface area (Å²) in [6.45, 7) is 0. The van der Waals surface area contributed by atoms with Crippen LogP contribution in [0, 0.1) is 0 Å². The van der Waals surface area contributed by atoms with Gasteiger partial charge in [-0.05, 0) is 40.8 Å². The SMILES string of the molecule is Clc1ccccc1CSC=Cc1ccc(Br)cc1. The van der Waals surface area contributed by atoms with E-state index in [1.807, 2.05) is 30.3 Å². The first-order valence-electron chi connectivity index (χ1n) is 5.53. The van der Waals surface area contributed by atoms with E-state index >= 15 is 0 Å². The van der Waals surface area contributed by atoms with E-state index in [0.29, 0.717) is 0 Å². The van der Waals surface area contributed by atoms with Crippen LogP contribution in [0.2, 0.25) is 5.02 Å². The normalized spacial score (nSPS) is 11.0. The molecule has 0 aromatic heterocycles. The second-order valence-corrected chi connectivity index (χ2v) is 5.97. The lowest BCUT2D eigenvalue weighted by atomic mass is 10.2. The van der Waals surface area contributed by atoms with E-state index in [1.54, 1.807) is 11.8 Å². The molecule has 0 atom stereocenters. The molecule has 0 fully saturated rings. The Morgan fingerprint density at radius 1 is 1.06 bits per heavy atom. The van der Waals surface area contributed by atoms with Gasteiger partial charge in [-0.1, -0.05) is 57.9 Å². The Kier molecular flexibility index (Phi) is 5.36. The second kappa shape index (κ2) is 7.03. The zero-order valence-electron chi connectivity index (χ0n) is 9.64. The molecule has 3 heteroatoms. The molecule has 18 heavy (non-hydrogen) atoms. The van der Waals surface area contributed by atoms with Gasteiger partial charge in [-0.25, -0.2) is 0 Å². The third-order valence-electron chi connectivity index (χ3n) is 2.42. The third kappa shape index (κ3) is 4.20. The number of halogens is 2. The molecule has 0 aliphatic rings. The van der Waals surface area contributed by atoms with E-state index in [1.165, 1.54) is 11.1 Å². The monoisotopic (exact) mass is 338 g/mol. The lowest BCUT2D eigenvalue weighted by molar-refractivity contribution is 1.42. The minimum Gasteiger partial charge on any atom is -0.129 e. The summed E-state index contributed by atoms with van der Waals surface area (Å²) < 4.78 is 1.10. The zero-order valence-corrected chi connectivity index (χ0v) is 12.8. The van der Waals surface area contributed by atoms with Gasteiger partial charge in [-0.2, -0.15) is 0 Å². The minimum absolute atomic E-state index is 0.835. The molecule has 2 rings (SSSR count). The second-order valence-electron chi connectivity index (χ2n) is 3.76. The van der Waals surface area contributed by atoms with Crippen LogP contribution in [-0.4, -0.2) is 0 Å². The van der Waals surface area contributed by atoms with Crippen LogP contribution in [0.1, 0.15) is 11.1 Å². The van der Waals surface area contributed by atoms with Crippen molar-refractivity contribution in [3.05, 3.63) is 74.6 Å². The summed E-state index contributed by atoms with van der Waals surface area (Å²) in [7, 11) is 0. The summed E-state index contributed by atoms with van der Waals surface area (Å²) in [5, 5.41) is 2.94. The number of hydrogen-bond donors (Lipinski definition) is 0. The van der Waals surface area contributed by atoms with Crippen molar-refractivity contribution in [3.63, 3.8) is 0 Å². The predicted molar refractivity (Wildman–Crippen MR) is 85.9 cm³/mol. The van der Waals surface area contributed by atoms with Crippen LogP contribution in [0.15, 0.2) is 58.4 Å². The van der Waals surface area contributed by atoms with E-state index in [-0.39, 0.29) is 0 Å². The highest BCUT2D eigenvalue weighted by atomic mass is 79.9. The lowest BCUT2D eigenvalue weighted by Crippen LogP contribution is -1.79. The molecule has 0 aliphatic heterocycles. The highest BCUT2D eigenvalue weighted by Gasteiger charge is 1.96. The number of thioether (sulfide) groups is 1. The molecule has 2 aromatic carbocycles. The molecule has 0 saturated heterocycles. The van der Waals surface area contributed by atoms with E-state index < -0.39 is 0 Å². The lowest BCUT2D eigenvalue weighted by Gasteiger charge is -2.00. The van der Waals surface area contributed by atoms with Crippen molar-refractivity contribution in [1.82, 2.24) is 0 Å². The summed E-state index contributed by atoms with van der Waals surface area (Å²) in [5.74, 6) is 0.896. The smallest absolute Gasteiger partial charge is 0.0446 e. The largest absolute Gasteiger partial charge is 0.129 e. The van der Waals surface area contributed by atoms with Crippen LogP contribution in [0.25, 0.3) is 6.08 Å². The fraction of sp³-hybridized carbons (Fsp3) is 0.0667. The average molecular weight is 340 g/mol. The van der Waals surface area contributed by atoms with Crippen molar-refractivity contribution >= 4 is 45.4 Å². The summed E-state index contributed by atoms with van der Waals surface area (Å²) in [5.41, 5.74) is 2.37. The highest BCUT2D eigenvalue weighted by Crippen LogP contribution is 2.22. The molecule has 0 unspecified atom stereocenters. The topological polar surface area (TPSA) is 0 Å². The van der Waals surface area contributed by atoms with Crippen LogP contribution in [0.5, 0.6) is 0 Å². The molecule has 0 heterocycles. The van der Waals surface area contributed by atoms with Gasteiger partial charge in [-0.15, -0.1) is 11.8 Å². The molecular formula is C15H12BrClS. The van der Waals surface area contributed by atoms with Crippen LogP contribution in [0.4, 0.5) is 0 Å². The van der Waals surface area contributed by atoms with Crippen molar-refractivity contribution in [2.45, 2.75) is 5.75 Å². The first-order chi connectivity index (χ1) is 8.75. The molecule has 0 radical (unpaired) electrons. The van der Waals surface area contributed by atoms with Gasteiger partial charge in [0.25, 0.3) is 0 Å². The summed E-state index contributed by atoms with van der Waals surface area (Å²) in [6, 6.07) is 16.2. The Balaban J connectivity index is 1.89. The average Bonchev–Trinajstić information content (AvgIpc) is 2.39. The van der Waals surface area contributed by atoms with Gasteiger partial charge in [0.1, 0.15) is 0 Å². The summed E-state index contributed by atoms with van der Waals surface area (Å²) in [6.07, 6.45) is 2.11. The zero-order chi connectivity index (χ0) is 12.8. The highest BCUT2D eigenvalue weighted by molar-refractivity contribution is 9.10.